The highest BCUT2D eigenvalue weighted by Crippen LogP contribution is 2.17. The fourth-order valence-corrected chi connectivity index (χ4v) is 1.44. The molecule has 0 spiro atoms. The third-order valence-corrected chi connectivity index (χ3v) is 2.15. The molecular weight excluding hydrogens is 178 g/mol. The van der Waals surface area contributed by atoms with Gasteiger partial charge in [0.25, 0.3) is 0 Å². The fraction of sp³-hybridized carbons (Fsp3) is 0.364. The first-order chi connectivity index (χ1) is 6.88. The summed E-state index contributed by atoms with van der Waals surface area (Å²) in [6, 6.07) is 9.27. The Bertz CT molecular complexity index is 351. The number of benzene rings is 1. The summed E-state index contributed by atoms with van der Waals surface area (Å²) in [4.78, 5) is 0. The van der Waals surface area contributed by atoms with Gasteiger partial charge >= 0.3 is 0 Å². The summed E-state index contributed by atoms with van der Waals surface area (Å²) in [6.45, 7) is 1.42. The van der Waals surface area contributed by atoms with Crippen molar-refractivity contribution >= 4 is 0 Å². The molecule has 2 rings (SSSR count). The van der Waals surface area contributed by atoms with Crippen molar-refractivity contribution in [2.24, 2.45) is 0 Å². The molecule has 1 heterocycles. The zero-order chi connectivity index (χ0) is 9.80. The van der Waals surface area contributed by atoms with Crippen LogP contribution in [0.4, 0.5) is 0 Å². The van der Waals surface area contributed by atoms with Gasteiger partial charge in [-0.3, -0.25) is 0 Å². The summed E-state index contributed by atoms with van der Waals surface area (Å²) in [5.74, 6) is 0.750. The molecule has 0 amide bonds. The van der Waals surface area contributed by atoms with E-state index in [0.717, 1.165) is 18.8 Å². The molecule has 1 saturated heterocycles. The van der Waals surface area contributed by atoms with Crippen molar-refractivity contribution < 1.29 is 9.47 Å². The van der Waals surface area contributed by atoms with Gasteiger partial charge in [-0.25, -0.2) is 0 Å². The number of rotatable bonds is 2. The van der Waals surface area contributed by atoms with Crippen LogP contribution in [-0.2, 0) is 4.74 Å². The Balaban J connectivity index is 2.05. The minimum absolute atomic E-state index is 0.143. The molecule has 1 fully saturated rings. The Morgan fingerprint density at radius 2 is 2.43 bits per heavy atom. The van der Waals surface area contributed by atoms with E-state index in [1.54, 1.807) is 12.1 Å². The molecule has 0 radical (unpaired) electrons. The molecule has 1 aliphatic rings. The van der Waals surface area contributed by atoms with Crippen molar-refractivity contribution in [2.45, 2.75) is 12.5 Å². The zero-order valence-electron chi connectivity index (χ0n) is 7.77. The maximum Gasteiger partial charge on any atom is 0.124 e. The van der Waals surface area contributed by atoms with E-state index in [9.17, 15) is 0 Å². The van der Waals surface area contributed by atoms with Gasteiger partial charge in [-0.2, -0.15) is 5.26 Å². The molecule has 0 aliphatic carbocycles. The van der Waals surface area contributed by atoms with E-state index in [4.69, 9.17) is 14.7 Å². The summed E-state index contributed by atoms with van der Waals surface area (Å²) in [6.07, 6.45) is 1.07. The highest BCUT2D eigenvalue weighted by Gasteiger charge is 2.16. The maximum absolute atomic E-state index is 8.69. The zero-order valence-corrected chi connectivity index (χ0v) is 7.77. The molecule has 1 aliphatic heterocycles. The summed E-state index contributed by atoms with van der Waals surface area (Å²) in [5, 5.41) is 8.69. The second-order valence-electron chi connectivity index (χ2n) is 3.24. The van der Waals surface area contributed by atoms with E-state index in [1.165, 1.54) is 0 Å². The second-order valence-corrected chi connectivity index (χ2v) is 3.24. The molecule has 0 saturated carbocycles. The van der Waals surface area contributed by atoms with E-state index in [0.29, 0.717) is 12.2 Å². The first-order valence-electron chi connectivity index (χ1n) is 4.63. The molecule has 0 unspecified atom stereocenters. The molecular formula is C11H11NO2. The van der Waals surface area contributed by atoms with Gasteiger partial charge in [0.15, 0.2) is 0 Å². The molecule has 14 heavy (non-hydrogen) atoms. The van der Waals surface area contributed by atoms with Crippen LogP contribution in [0, 0.1) is 11.3 Å². The summed E-state index contributed by atoms with van der Waals surface area (Å²) in [5.41, 5.74) is 0.626. The standard InChI is InChI=1S/C11H11NO2/c12-7-9-2-1-3-10(6-9)14-11-4-5-13-8-11/h1-3,6,11H,4-5,8H2/t11-/m0/s1. The lowest BCUT2D eigenvalue weighted by molar-refractivity contribution is 0.141. The number of hydrogen-bond acceptors (Lipinski definition) is 3. The van der Waals surface area contributed by atoms with Crippen LogP contribution in [0.3, 0.4) is 0 Å². The van der Waals surface area contributed by atoms with Crippen LogP contribution >= 0.6 is 0 Å². The molecule has 3 heteroatoms. The average Bonchev–Trinajstić information content (AvgIpc) is 2.71. The van der Waals surface area contributed by atoms with E-state index in [1.807, 2.05) is 12.1 Å². The third kappa shape index (κ3) is 2.04. The number of ether oxygens (including phenoxy) is 2. The van der Waals surface area contributed by atoms with Gasteiger partial charge in [0, 0.05) is 6.42 Å². The fourth-order valence-electron chi connectivity index (χ4n) is 1.44. The van der Waals surface area contributed by atoms with Crippen molar-refractivity contribution in [1.82, 2.24) is 0 Å². The lowest BCUT2D eigenvalue weighted by atomic mass is 10.2. The first-order valence-corrected chi connectivity index (χ1v) is 4.63. The van der Waals surface area contributed by atoms with Crippen molar-refractivity contribution in [1.29, 1.82) is 5.26 Å². The van der Waals surface area contributed by atoms with Crippen LogP contribution in [0.5, 0.6) is 5.75 Å². The topological polar surface area (TPSA) is 42.2 Å². The van der Waals surface area contributed by atoms with Crippen molar-refractivity contribution in [3.8, 4) is 11.8 Å². The van der Waals surface area contributed by atoms with Gasteiger partial charge in [-0.05, 0) is 18.2 Å². The minimum atomic E-state index is 0.143. The van der Waals surface area contributed by atoms with Gasteiger partial charge in [-0.1, -0.05) is 6.07 Å². The Morgan fingerprint density at radius 3 is 3.14 bits per heavy atom. The highest BCUT2D eigenvalue weighted by atomic mass is 16.5. The summed E-state index contributed by atoms with van der Waals surface area (Å²) >= 11 is 0. The first kappa shape index (κ1) is 9.04. The van der Waals surface area contributed by atoms with Crippen LogP contribution in [0.2, 0.25) is 0 Å². The highest BCUT2D eigenvalue weighted by molar-refractivity contribution is 5.36. The third-order valence-electron chi connectivity index (χ3n) is 2.15. The van der Waals surface area contributed by atoms with Gasteiger partial charge in [0.05, 0.1) is 24.8 Å². The Hall–Kier alpha value is -1.53. The molecule has 72 valence electrons. The second kappa shape index (κ2) is 4.12. The van der Waals surface area contributed by atoms with Crippen molar-refractivity contribution in [3.05, 3.63) is 29.8 Å². The van der Waals surface area contributed by atoms with E-state index in [-0.39, 0.29) is 6.10 Å². The van der Waals surface area contributed by atoms with Gasteiger partial charge in [0.1, 0.15) is 11.9 Å². The maximum atomic E-state index is 8.69. The molecule has 0 N–H and O–H groups in total. The van der Waals surface area contributed by atoms with Gasteiger partial charge in [-0.15, -0.1) is 0 Å². The van der Waals surface area contributed by atoms with Crippen LogP contribution in [0.25, 0.3) is 0 Å². The summed E-state index contributed by atoms with van der Waals surface area (Å²) in [7, 11) is 0. The quantitative estimate of drug-likeness (QED) is 0.711. The molecule has 1 atom stereocenters. The predicted octanol–water partition coefficient (Wildman–Crippen LogP) is 1.73. The number of hydrogen-bond donors (Lipinski definition) is 0. The van der Waals surface area contributed by atoms with Crippen molar-refractivity contribution in [2.75, 3.05) is 13.2 Å². The van der Waals surface area contributed by atoms with Crippen LogP contribution < -0.4 is 4.74 Å². The largest absolute Gasteiger partial charge is 0.488 e. The lowest BCUT2D eigenvalue weighted by Crippen LogP contribution is -2.15. The lowest BCUT2D eigenvalue weighted by Gasteiger charge is -2.11. The molecule has 3 nitrogen and oxygen atoms in total. The Morgan fingerprint density at radius 1 is 1.50 bits per heavy atom. The van der Waals surface area contributed by atoms with E-state index < -0.39 is 0 Å². The Kier molecular flexibility index (Phi) is 2.66. The average molecular weight is 189 g/mol. The molecule has 1 aromatic carbocycles. The molecule has 0 aromatic heterocycles. The van der Waals surface area contributed by atoms with Crippen molar-refractivity contribution in [3.63, 3.8) is 0 Å². The van der Waals surface area contributed by atoms with E-state index >= 15 is 0 Å². The van der Waals surface area contributed by atoms with Gasteiger partial charge < -0.3 is 9.47 Å². The van der Waals surface area contributed by atoms with Crippen LogP contribution in [0.15, 0.2) is 24.3 Å². The van der Waals surface area contributed by atoms with Crippen LogP contribution in [0.1, 0.15) is 12.0 Å². The summed E-state index contributed by atoms with van der Waals surface area (Å²) < 4.78 is 10.8. The molecule has 0 bridgehead atoms. The molecule has 1 aromatic rings. The SMILES string of the molecule is N#Cc1cccc(O[C@H]2CCOC2)c1. The number of nitrogens with zero attached hydrogens (tertiary/aromatic N) is 1. The van der Waals surface area contributed by atoms with Crippen LogP contribution in [-0.4, -0.2) is 19.3 Å². The Labute approximate surface area is 82.9 Å². The van der Waals surface area contributed by atoms with Gasteiger partial charge in [0.2, 0.25) is 0 Å². The van der Waals surface area contributed by atoms with E-state index in [2.05, 4.69) is 6.07 Å². The minimum Gasteiger partial charge on any atom is -0.488 e. The smallest absolute Gasteiger partial charge is 0.124 e. The monoisotopic (exact) mass is 189 g/mol. The predicted molar refractivity (Wildman–Crippen MR) is 51.0 cm³/mol. The number of nitriles is 1. The normalized spacial score (nSPS) is 20.4.